The van der Waals surface area contributed by atoms with E-state index in [0.717, 1.165) is 24.1 Å². The zero-order chi connectivity index (χ0) is 15.4. The zero-order valence-corrected chi connectivity index (χ0v) is 13.0. The number of likely N-dealkylation sites (N-methyl/N-ethyl adjacent to an activating group) is 1. The summed E-state index contributed by atoms with van der Waals surface area (Å²) >= 11 is 5.12. The minimum absolute atomic E-state index is 0.0821. The SMILES string of the molecule is CCCCC(=O)NC(=S)NC1C(=O)N(C)c2ccccc21. The molecule has 1 aliphatic rings. The number of unbranched alkanes of at least 4 members (excludes halogenated alkanes) is 1. The van der Waals surface area contributed by atoms with Crippen molar-refractivity contribution in [2.24, 2.45) is 0 Å². The summed E-state index contributed by atoms with van der Waals surface area (Å²) in [6, 6.07) is 7.00. The third-order valence-electron chi connectivity index (χ3n) is 3.47. The molecule has 0 aliphatic carbocycles. The molecule has 1 atom stereocenters. The van der Waals surface area contributed by atoms with E-state index >= 15 is 0 Å². The molecule has 2 N–H and O–H groups in total. The van der Waals surface area contributed by atoms with Crippen LogP contribution in [0, 0.1) is 0 Å². The Morgan fingerprint density at radius 1 is 1.38 bits per heavy atom. The van der Waals surface area contributed by atoms with Crippen molar-refractivity contribution in [3.8, 4) is 0 Å². The van der Waals surface area contributed by atoms with Gasteiger partial charge in [-0.05, 0) is 24.7 Å². The minimum Gasteiger partial charge on any atom is -0.347 e. The second-order valence-electron chi connectivity index (χ2n) is 5.01. The molecule has 0 saturated heterocycles. The van der Waals surface area contributed by atoms with E-state index in [2.05, 4.69) is 10.6 Å². The van der Waals surface area contributed by atoms with E-state index in [9.17, 15) is 9.59 Å². The number of amides is 2. The predicted octanol–water partition coefficient (Wildman–Crippen LogP) is 1.88. The fraction of sp³-hybridized carbons (Fsp3) is 0.400. The van der Waals surface area contributed by atoms with Crippen molar-refractivity contribution in [2.45, 2.75) is 32.2 Å². The van der Waals surface area contributed by atoms with E-state index in [1.54, 1.807) is 11.9 Å². The van der Waals surface area contributed by atoms with Crippen LogP contribution in [-0.2, 0) is 9.59 Å². The van der Waals surface area contributed by atoms with Crippen molar-refractivity contribution >= 4 is 34.8 Å². The number of thiocarbonyl (C=S) groups is 1. The number of carbonyl (C=O) groups is 2. The van der Waals surface area contributed by atoms with Crippen LogP contribution in [0.15, 0.2) is 24.3 Å². The standard InChI is InChI=1S/C15H19N3O2S/c1-3-4-9-12(19)16-15(21)17-13-10-7-5-6-8-11(10)18(2)14(13)20/h5-8,13H,3-4,9H2,1-2H3,(H2,16,17,19,21). The van der Waals surface area contributed by atoms with Crippen LogP contribution in [0.5, 0.6) is 0 Å². The number of rotatable bonds is 4. The van der Waals surface area contributed by atoms with E-state index in [0.29, 0.717) is 6.42 Å². The maximum atomic E-state index is 12.2. The molecule has 0 radical (unpaired) electrons. The summed E-state index contributed by atoms with van der Waals surface area (Å²) in [4.78, 5) is 25.5. The average molecular weight is 305 g/mol. The maximum Gasteiger partial charge on any atom is 0.254 e. The first kappa shape index (κ1) is 15.4. The van der Waals surface area contributed by atoms with Crippen molar-refractivity contribution in [3.63, 3.8) is 0 Å². The summed E-state index contributed by atoms with van der Waals surface area (Å²) in [6.45, 7) is 2.02. The van der Waals surface area contributed by atoms with Gasteiger partial charge in [0.2, 0.25) is 5.91 Å². The molecule has 0 spiro atoms. The smallest absolute Gasteiger partial charge is 0.254 e. The molecular weight excluding hydrogens is 286 g/mol. The molecule has 5 nitrogen and oxygen atoms in total. The minimum atomic E-state index is -0.537. The molecule has 1 heterocycles. The number of nitrogens with one attached hydrogen (secondary N) is 2. The Hall–Kier alpha value is -1.95. The number of hydrogen-bond donors (Lipinski definition) is 2. The Balaban J connectivity index is 2.01. The van der Waals surface area contributed by atoms with Gasteiger partial charge in [0.1, 0.15) is 6.04 Å². The predicted molar refractivity (Wildman–Crippen MR) is 86.0 cm³/mol. The molecule has 112 valence electrons. The van der Waals surface area contributed by atoms with E-state index in [-0.39, 0.29) is 16.9 Å². The van der Waals surface area contributed by atoms with Gasteiger partial charge in [-0.1, -0.05) is 31.5 Å². The third-order valence-corrected chi connectivity index (χ3v) is 3.69. The van der Waals surface area contributed by atoms with Gasteiger partial charge in [0.15, 0.2) is 5.11 Å². The Morgan fingerprint density at radius 2 is 2.10 bits per heavy atom. The molecule has 1 aromatic rings. The van der Waals surface area contributed by atoms with E-state index in [1.807, 2.05) is 31.2 Å². The molecule has 21 heavy (non-hydrogen) atoms. The van der Waals surface area contributed by atoms with Crippen LogP contribution in [0.1, 0.15) is 37.8 Å². The number of para-hydroxylation sites is 1. The summed E-state index contributed by atoms with van der Waals surface area (Å²) < 4.78 is 0. The second kappa shape index (κ2) is 6.67. The van der Waals surface area contributed by atoms with Crippen molar-refractivity contribution in [2.75, 3.05) is 11.9 Å². The number of fused-ring (bicyclic) bond motifs is 1. The van der Waals surface area contributed by atoms with Crippen LogP contribution in [-0.4, -0.2) is 24.0 Å². The Bertz CT molecular complexity index is 574. The van der Waals surface area contributed by atoms with Gasteiger partial charge in [-0.2, -0.15) is 0 Å². The lowest BCUT2D eigenvalue weighted by Gasteiger charge is -2.15. The van der Waals surface area contributed by atoms with Crippen LogP contribution in [0.25, 0.3) is 0 Å². The molecule has 2 rings (SSSR count). The molecule has 2 amide bonds. The van der Waals surface area contributed by atoms with E-state index in [4.69, 9.17) is 12.2 Å². The second-order valence-corrected chi connectivity index (χ2v) is 5.42. The number of nitrogens with zero attached hydrogens (tertiary/aromatic N) is 1. The van der Waals surface area contributed by atoms with Crippen molar-refractivity contribution in [3.05, 3.63) is 29.8 Å². The van der Waals surface area contributed by atoms with Gasteiger partial charge in [-0.25, -0.2) is 0 Å². The topological polar surface area (TPSA) is 61.4 Å². The van der Waals surface area contributed by atoms with Crippen molar-refractivity contribution in [1.29, 1.82) is 0 Å². The van der Waals surface area contributed by atoms with E-state index < -0.39 is 6.04 Å². The fourth-order valence-corrected chi connectivity index (χ4v) is 2.55. The molecule has 0 bridgehead atoms. The molecule has 1 aliphatic heterocycles. The highest BCUT2D eigenvalue weighted by Gasteiger charge is 2.35. The van der Waals surface area contributed by atoms with Gasteiger partial charge in [0.25, 0.3) is 5.91 Å². The zero-order valence-electron chi connectivity index (χ0n) is 12.2. The molecule has 6 heteroatoms. The summed E-state index contributed by atoms with van der Waals surface area (Å²) in [5, 5.41) is 5.74. The monoisotopic (exact) mass is 305 g/mol. The lowest BCUT2D eigenvalue weighted by atomic mass is 10.1. The van der Waals surface area contributed by atoms with Crippen LogP contribution < -0.4 is 15.5 Å². The maximum absolute atomic E-state index is 12.2. The lowest BCUT2D eigenvalue weighted by molar-refractivity contribution is -0.121. The van der Waals surface area contributed by atoms with Crippen LogP contribution >= 0.6 is 12.2 Å². The third kappa shape index (κ3) is 3.39. The van der Waals surface area contributed by atoms with Gasteiger partial charge in [0, 0.05) is 24.7 Å². The largest absolute Gasteiger partial charge is 0.347 e. The molecule has 1 aromatic carbocycles. The first-order chi connectivity index (χ1) is 10.0. The van der Waals surface area contributed by atoms with Gasteiger partial charge in [0.05, 0.1) is 0 Å². The summed E-state index contributed by atoms with van der Waals surface area (Å²) in [6.07, 6.45) is 2.21. The van der Waals surface area contributed by atoms with Gasteiger partial charge in [-0.3, -0.25) is 9.59 Å². The summed E-state index contributed by atoms with van der Waals surface area (Å²) in [5.74, 6) is -0.206. The van der Waals surface area contributed by atoms with Crippen LogP contribution in [0.2, 0.25) is 0 Å². The van der Waals surface area contributed by atoms with Gasteiger partial charge >= 0.3 is 0 Å². The number of benzene rings is 1. The van der Waals surface area contributed by atoms with Crippen molar-refractivity contribution < 1.29 is 9.59 Å². The van der Waals surface area contributed by atoms with Crippen LogP contribution in [0.3, 0.4) is 0 Å². The normalized spacial score (nSPS) is 16.6. The Labute approximate surface area is 129 Å². The molecule has 0 fully saturated rings. The van der Waals surface area contributed by atoms with Gasteiger partial charge in [-0.15, -0.1) is 0 Å². The summed E-state index contributed by atoms with van der Waals surface area (Å²) in [5.41, 5.74) is 1.73. The highest BCUT2D eigenvalue weighted by atomic mass is 32.1. The highest BCUT2D eigenvalue weighted by molar-refractivity contribution is 7.80. The van der Waals surface area contributed by atoms with Crippen molar-refractivity contribution in [1.82, 2.24) is 10.6 Å². The number of anilines is 1. The summed E-state index contributed by atoms with van der Waals surface area (Å²) in [7, 11) is 1.73. The molecule has 1 unspecified atom stereocenters. The first-order valence-electron chi connectivity index (χ1n) is 7.01. The Morgan fingerprint density at radius 3 is 2.81 bits per heavy atom. The Kier molecular flexibility index (Phi) is 4.90. The average Bonchev–Trinajstić information content (AvgIpc) is 2.71. The first-order valence-corrected chi connectivity index (χ1v) is 7.42. The van der Waals surface area contributed by atoms with E-state index in [1.165, 1.54) is 0 Å². The highest BCUT2D eigenvalue weighted by Crippen LogP contribution is 2.34. The fourth-order valence-electron chi connectivity index (χ4n) is 2.32. The quantitative estimate of drug-likeness (QED) is 0.834. The van der Waals surface area contributed by atoms with Gasteiger partial charge < -0.3 is 15.5 Å². The molecular formula is C15H19N3O2S. The number of carbonyl (C=O) groups excluding carboxylic acids is 2. The molecule has 0 saturated carbocycles. The molecule has 0 aromatic heterocycles. The number of hydrogen-bond acceptors (Lipinski definition) is 3. The van der Waals surface area contributed by atoms with Crippen LogP contribution in [0.4, 0.5) is 5.69 Å². The lowest BCUT2D eigenvalue weighted by Crippen LogP contribution is -2.43.